The minimum absolute atomic E-state index is 0.324. The Morgan fingerprint density at radius 3 is 2.21 bits per heavy atom. The molecule has 0 saturated heterocycles. The molecule has 2 N–H and O–H groups in total. The third-order valence-corrected chi connectivity index (χ3v) is 4.34. The van der Waals surface area contributed by atoms with Crippen LogP contribution in [0, 0.1) is 5.41 Å². The van der Waals surface area contributed by atoms with Gasteiger partial charge in [-0.2, -0.15) is 0 Å². The number of aliphatic carboxylic acids is 1. The van der Waals surface area contributed by atoms with Gasteiger partial charge in [-0.1, -0.05) is 31.2 Å². The zero-order valence-corrected chi connectivity index (χ0v) is 11.4. The Kier molecular flexibility index (Phi) is 4.25. The van der Waals surface area contributed by atoms with Gasteiger partial charge in [0.05, 0.1) is 11.5 Å². The van der Waals surface area contributed by atoms with Crippen molar-refractivity contribution in [3.63, 3.8) is 0 Å². The van der Waals surface area contributed by atoms with Gasteiger partial charge in [-0.15, -0.1) is 0 Å². The molecule has 0 bridgehead atoms. The van der Waals surface area contributed by atoms with E-state index < -0.39 is 11.4 Å². The number of rotatable bonds is 4. The molecule has 1 aliphatic carbocycles. The van der Waals surface area contributed by atoms with Crippen molar-refractivity contribution in [3.05, 3.63) is 35.4 Å². The third kappa shape index (κ3) is 3.16. The lowest BCUT2D eigenvalue weighted by atomic mass is 9.69. The van der Waals surface area contributed by atoms with Crippen molar-refractivity contribution in [3.8, 4) is 0 Å². The number of carboxylic acid groups (broad SMARTS) is 1. The van der Waals surface area contributed by atoms with Gasteiger partial charge >= 0.3 is 5.97 Å². The number of aliphatic hydroxyl groups excluding tert-OH is 1. The molecule has 3 nitrogen and oxygen atoms in total. The van der Waals surface area contributed by atoms with Crippen LogP contribution in [0.5, 0.6) is 0 Å². The van der Waals surface area contributed by atoms with Gasteiger partial charge in [-0.05, 0) is 49.7 Å². The maximum absolute atomic E-state index is 11.6. The molecule has 1 fully saturated rings. The lowest BCUT2D eigenvalue weighted by Gasteiger charge is -2.35. The van der Waals surface area contributed by atoms with E-state index in [0.29, 0.717) is 32.1 Å². The largest absolute Gasteiger partial charge is 0.481 e. The minimum atomic E-state index is -0.723. The number of benzene rings is 1. The van der Waals surface area contributed by atoms with E-state index in [1.165, 1.54) is 5.56 Å². The van der Waals surface area contributed by atoms with Crippen LogP contribution in [0.3, 0.4) is 0 Å². The molecule has 3 heteroatoms. The number of aliphatic hydroxyl groups is 1. The average Bonchev–Trinajstić information content (AvgIpc) is 2.42. The molecule has 0 amide bonds. The van der Waals surface area contributed by atoms with Crippen molar-refractivity contribution < 1.29 is 15.0 Å². The molecule has 0 radical (unpaired) electrons. The maximum atomic E-state index is 11.6. The summed E-state index contributed by atoms with van der Waals surface area (Å²) in [6.07, 6.45) is 3.57. The monoisotopic (exact) mass is 262 g/mol. The highest BCUT2D eigenvalue weighted by atomic mass is 16.4. The summed E-state index contributed by atoms with van der Waals surface area (Å²) in [5, 5.41) is 19.1. The first-order chi connectivity index (χ1) is 9.05. The van der Waals surface area contributed by atoms with Gasteiger partial charge in [-0.25, -0.2) is 0 Å². The first-order valence-electron chi connectivity index (χ1n) is 7.05. The third-order valence-electron chi connectivity index (χ3n) is 4.34. The first-order valence-corrected chi connectivity index (χ1v) is 7.05. The molecule has 0 aliphatic heterocycles. The second-order valence-corrected chi connectivity index (χ2v) is 5.66. The fourth-order valence-corrected chi connectivity index (χ4v) is 2.90. The van der Waals surface area contributed by atoms with Crippen LogP contribution >= 0.6 is 0 Å². The Labute approximate surface area is 114 Å². The summed E-state index contributed by atoms with van der Waals surface area (Å²) in [6.45, 7) is 2.11. The normalized spacial score (nSPS) is 27.2. The summed E-state index contributed by atoms with van der Waals surface area (Å²) in [6, 6.07) is 8.22. The molecule has 0 aromatic heterocycles. The van der Waals surface area contributed by atoms with Crippen molar-refractivity contribution in [2.75, 3.05) is 0 Å². The fraction of sp³-hybridized carbons (Fsp3) is 0.562. The van der Waals surface area contributed by atoms with Gasteiger partial charge in [0, 0.05) is 0 Å². The second kappa shape index (κ2) is 5.74. The van der Waals surface area contributed by atoms with E-state index in [9.17, 15) is 15.0 Å². The maximum Gasteiger partial charge on any atom is 0.309 e. The summed E-state index contributed by atoms with van der Waals surface area (Å²) < 4.78 is 0. The number of carbonyl (C=O) groups is 1. The molecule has 1 saturated carbocycles. The Hall–Kier alpha value is -1.35. The van der Waals surface area contributed by atoms with Crippen LogP contribution < -0.4 is 0 Å². The van der Waals surface area contributed by atoms with Gasteiger partial charge in [0.1, 0.15) is 0 Å². The average molecular weight is 262 g/mol. The predicted octanol–water partition coefficient (Wildman–Crippen LogP) is 2.80. The van der Waals surface area contributed by atoms with Crippen LogP contribution in [0.1, 0.15) is 43.7 Å². The summed E-state index contributed by atoms with van der Waals surface area (Å²) in [5.74, 6) is -0.723. The summed E-state index contributed by atoms with van der Waals surface area (Å²) >= 11 is 0. The summed E-state index contributed by atoms with van der Waals surface area (Å²) in [7, 11) is 0. The smallest absolute Gasteiger partial charge is 0.309 e. The van der Waals surface area contributed by atoms with Gasteiger partial charge in [0.25, 0.3) is 0 Å². The van der Waals surface area contributed by atoms with Gasteiger partial charge < -0.3 is 10.2 Å². The number of aryl methyl sites for hydroxylation is 1. The molecule has 0 atom stereocenters. The Morgan fingerprint density at radius 1 is 1.21 bits per heavy atom. The van der Waals surface area contributed by atoms with Gasteiger partial charge in [-0.3, -0.25) is 4.79 Å². The molecule has 1 aromatic carbocycles. The lowest BCUT2D eigenvalue weighted by molar-refractivity contribution is -0.152. The van der Waals surface area contributed by atoms with Crippen molar-refractivity contribution in [1.29, 1.82) is 0 Å². The first kappa shape index (κ1) is 14.1. The fourth-order valence-electron chi connectivity index (χ4n) is 2.90. The molecule has 1 aliphatic rings. The topological polar surface area (TPSA) is 57.5 Å². The van der Waals surface area contributed by atoms with Gasteiger partial charge in [0.2, 0.25) is 0 Å². The van der Waals surface area contributed by atoms with E-state index in [4.69, 9.17) is 0 Å². The summed E-state index contributed by atoms with van der Waals surface area (Å²) in [5.41, 5.74) is 1.66. The number of carboxylic acids is 1. The van der Waals surface area contributed by atoms with Crippen molar-refractivity contribution in [2.24, 2.45) is 5.41 Å². The Morgan fingerprint density at radius 2 is 1.74 bits per heavy atom. The zero-order chi connectivity index (χ0) is 13.9. The van der Waals surface area contributed by atoms with Crippen molar-refractivity contribution in [1.82, 2.24) is 0 Å². The van der Waals surface area contributed by atoms with E-state index in [0.717, 1.165) is 12.0 Å². The molecule has 0 spiro atoms. The van der Waals surface area contributed by atoms with Crippen LogP contribution in [-0.2, 0) is 17.6 Å². The van der Waals surface area contributed by atoms with E-state index >= 15 is 0 Å². The minimum Gasteiger partial charge on any atom is -0.481 e. The standard InChI is InChI=1S/C16H22O3/c1-2-12-3-5-13(6-4-12)11-16(15(18)19)9-7-14(17)8-10-16/h3-6,14,17H,2,7-11H2,1H3,(H,18,19). The van der Waals surface area contributed by atoms with Crippen LogP contribution in [0.2, 0.25) is 0 Å². The predicted molar refractivity (Wildman–Crippen MR) is 74.1 cm³/mol. The van der Waals surface area contributed by atoms with Crippen LogP contribution in [0.4, 0.5) is 0 Å². The molecule has 0 unspecified atom stereocenters. The Bertz CT molecular complexity index is 428. The number of hydrogen-bond acceptors (Lipinski definition) is 2. The molecule has 104 valence electrons. The highest BCUT2D eigenvalue weighted by Crippen LogP contribution is 2.39. The van der Waals surface area contributed by atoms with Crippen LogP contribution in [0.15, 0.2) is 24.3 Å². The molecular weight excluding hydrogens is 240 g/mol. The Balaban J connectivity index is 2.14. The SMILES string of the molecule is CCc1ccc(CC2(C(=O)O)CCC(O)CC2)cc1. The highest BCUT2D eigenvalue weighted by Gasteiger charge is 2.41. The van der Waals surface area contributed by atoms with E-state index in [1.54, 1.807) is 0 Å². The van der Waals surface area contributed by atoms with Crippen molar-refractivity contribution >= 4 is 5.97 Å². The zero-order valence-electron chi connectivity index (χ0n) is 11.4. The molecular formula is C16H22O3. The van der Waals surface area contributed by atoms with E-state index in [1.807, 2.05) is 12.1 Å². The second-order valence-electron chi connectivity index (χ2n) is 5.66. The summed E-state index contributed by atoms with van der Waals surface area (Å²) in [4.78, 5) is 11.6. The highest BCUT2D eigenvalue weighted by molar-refractivity contribution is 5.75. The van der Waals surface area contributed by atoms with Crippen molar-refractivity contribution in [2.45, 2.75) is 51.6 Å². The molecule has 0 heterocycles. The molecule has 19 heavy (non-hydrogen) atoms. The van der Waals surface area contributed by atoms with Gasteiger partial charge in [0.15, 0.2) is 0 Å². The van der Waals surface area contributed by atoms with Crippen LogP contribution in [-0.4, -0.2) is 22.3 Å². The van der Waals surface area contributed by atoms with E-state index in [2.05, 4.69) is 19.1 Å². The van der Waals surface area contributed by atoms with E-state index in [-0.39, 0.29) is 6.10 Å². The number of hydrogen-bond donors (Lipinski definition) is 2. The molecule has 2 rings (SSSR count). The lowest BCUT2D eigenvalue weighted by Crippen LogP contribution is -2.38. The molecule has 1 aromatic rings. The van der Waals surface area contributed by atoms with Crippen LogP contribution in [0.25, 0.3) is 0 Å². The quantitative estimate of drug-likeness (QED) is 0.877.